The standard InChI is InChI=1S/C21H18O13/c22-6-12(27)15(28)17(30)18(31)21(32)34-20-16(29)14-11(26)4-8(23)5-13(14)33-19(20)7-1-2-9(24)10(25)3-7/h1-5,12,15,17,22-28,30H,6H2/t12-,15+,17-/m0/s1. The van der Waals surface area contributed by atoms with Gasteiger partial charge in [-0.3, -0.25) is 9.59 Å². The van der Waals surface area contributed by atoms with Crippen LogP contribution >= 0.6 is 0 Å². The minimum atomic E-state index is -2.53. The van der Waals surface area contributed by atoms with Gasteiger partial charge in [0.25, 0.3) is 5.78 Å². The van der Waals surface area contributed by atoms with Crippen LogP contribution in [-0.2, 0) is 9.59 Å². The number of aromatic hydroxyl groups is 4. The maximum atomic E-state index is 13.0. The molecule has 3 rings (SSSR count). The van der Waals surface area contributed by atoms with Crippen LogP contribution < -0.4 is 10.2 Å². The normalized spacial score (nSPS) is 13.9. The van der Waals surface area contributed by atoms with E-state index in [9.17, 15) is 50.1 Å². The zero-order chi connectivity index (χ0) is 25.3. The molecule has 13 heteroatoms. The highest BCUT2D eigenvalue weighted by molar-refractivity contribution is 6.36. The predicted octanol–water partition coefficient (Wildman–Crippen LogP) is -1.17. The molecule has 3 atom stereocenters. The molecule has 13 nitrogen and oxygen atoms in total. The van der Waals surface area contributed by atoms with Crippen molar-refractivity contribution in [2.45, 2.75) is 18.3 Å². The summed E-state index contributed by atoms with van der Waals surface area (Å²) in [6.07, 6.45) is -6.77. The number of ketones is 1. The van der Waals surface area contributed by atoms with Gasteiger partial charge in [0, 0.05) is 17.7 Å². The van der Waals surface area contributed by atoms with Crippen LogP contribution in [0.4, 0.5) is 0 Å². The minimum Gasteiger partial charge on any atom is -0.508 e. The molecule has 0 aliphatic carbocycles. The summed E-state index contributed by atoms with van der Waals surface area (Å²) in [5.74, 6) is -7.72. The summed E-state index contributed by atoms with van der Waals surface area (Å²) >= 11 is 0. The third-order valence-corrected chi connectivity index (χ3v) is 4.72. The van der Waals surface area contributed by atoms with Crippen molar-refractivity contribution in [2.75, 3.05) is 6.61 Å². The molecule has 0 saturated heterocycles. The Bertz CT molecular complexity index is 1330. The highest BCUT2D eigenvalue weighted by atomic mass is 16.6. The van der Waals surface area contributed by atoms with E-state index in [1.807, 2.05) is 0 Å². The van der Waals surface area contributed by atoms with Gasteiger partial charge in [-0.1, -0.05) is 0 Å². The Morgan fingerprint density at radius 2 is 1.62 bits per heavy atom. The van der Waals surface area contributed by atoms with Gasteiger partial charge in [-0.2, -0.15) is 0 Å². The van der Waals surface area contributed by atoms with Crippen LogP contribution in [0.15, 0.2) is 39.5 Å². The summed E-state index contributed by atoms with van der Waals surface area (Å²) < 4.78 is 10.3. The lowest BCUT2D eigenvalue weighted by atomic mass is 10.0. The predicted molar refractivity (Wildman–Crippen MR) is 110 cm³/mol. The fraction of sp³-hybridized carbons (Fsp3) is 0.190. The third-order valence-electron chi connectivity index (χ3n) is 4.72. The summed E-state index contributed by atoms with van der Waals surface area (Å²) in [5, 5.41) is 76.1. The second kappa shape index (κ2) is 9.36. The lowest BCUT2D eigenvalue weighted by Crippen LogP contribution is -2.47. The quantitative estimate of drug-likeness (QED) is 0.114. The summed E-state index contributed by atoms with van der Waals surface area (Å²) in [6.45, 7) is -1.05. The van der Waals surface area contributed by atoms with Crippen molar-refractivity contribution in [1.82, 2.24) is 0 Å². The van der Waals surface area contributed by atoms with Crippen LogP contribution in [0.3, 0.4) is 0 Å². The van der Waals surface area contributed by atoms with Crippen molar-refractivity contribution in [1.29, 1.82) is 0 Å². The molecular weight excluding hydrogens is 460 g/mol. The largest absolute Gasteiger partial charge is 0.508 e. The van der Waals surface area contributed by atoms with Crippen LogP contribution in [0, 0.1) is 0 Å². The van der Waals surface area contributed by atoms with E-state index in [1.54, 1.807) is 0 Å². The van der Waals surface area contributed by atoms with E-state index in [-0.39, 0.29) is 11.1 Å². The summed E-state index contributed by atoms with van der Waals surface area (Å²) in [7, 11) is 0. The van der Waals surface area contributed by atoms with Gasteiger partial charge in [-0.15, -0.1) is 0 Å². The molecule has 2 aromatic carbocycles. The first-order chi connectivity index (χ1) is 16.0. The van der Waals surface area contributed by atoms with Crippen molar-refractivity contribution in [2.24, 2.45) is 0 Å². The van der Waals surface area contributed by atoms with Gasteiger partial charge in [0.2, 0.25) is 11.2 Å². The van der Waals surface area contributed by atoms with Crippen LogP contribution in [0.5, 0.6) is 28.7 Å². The van der Waals surface area contributed by atoms with Crippen molar-refractivity contribution in [3.05, 3.63) is 40.6 Å². The maximum Gasteiger partial charge on any atom is 0.383 e. The van der Waals surface area contributed by atoms with Crippen molar-refractivity contribution in [3.63, 3.8) is 0 Å². The first kappa shape index (κ1) is 24.5. The summed E-state index contributed by atoms with van der Waals surface area (Å²) in [5.41, 5.74) is -1.73. The Balaban J connectivity index is 2.15. The Morgan fingerprint density at radius 3 is 2.24 bits per heavy atom. The highest BCUT2D eigenvalue weighted by Crippen LogP contribution is 2.38. The van der Waals surface area contributed by atoms with Gasteiger partial charge in [0.1, 0.15) is 34.7 Å². The Labute approximate surface area is 188 Å². The Morgan fingerprint density at radius 1 is 0.941 bits per heavy atom. The molecule has 0 unspecified atom stereocenters. The number of carbonyl (C=O) groups is 2. The molecule has 3 aromatic rings. The van der Waals surface area contributed by atoms with E-state index >= 15 is 0 Å². The van der Waals surface area contributed by atoms with Crippen molar-refractivity contribution in [3.8, 4) is 40.1 Å². The number of phenolic OH excluding ortho intramolecular Hbond substituents is 4. The van der Waals surface area contributed by atoms with Gasteiger partial charge in [0.05, 0.1) is 6.61 Å². The number of aliphatic hydroxyl groups excluding tert-OH is 4. The van der Waals surface area contributed by atoms with Gasteiger partial charge < -0.3 is 50.0 Å². The van der Waals surface area contributed by atoms with Gasteiger partial charge in [-0.05, 0) is 18.2 Å². The number of benzene rings is 2. The maximum absolute atomic E-state index is 13.0. The van der Waals surface area contributed by atoms with Crippen LogP contribution in [-0.4, -0.2) is 77.5 Å². The molecule has 1 heterocycles. The van der Waals surface area contributed by atoms with Crippen molar-refractivity contribution >= 4 is 22.7 Å². The minimum absolute atomic E-state index is 0.149. The Hall–Kier alpha value is -4.17. The van der Waals surface area contributed by atoms with E-state index in [0.29, 0.717) is 0 Å². The van der Waals surface area contributed by atoms with Crippen LogP contribution in [0.2, 0.25) is 0 Å². The first-order valence-corrected chi connectivity index (χ1v) is 9.42. The zero-order valence-corrected chi connectivity index (χ0v) is 16.9. The first-order valence-electron chi connectivity index (χ1n) is 9.42. The van der Waals surface area contributed by atoms with E-state index in [1.165, 1.54) is 0 Å². The molecule has 0 radical (unpaired) electrons. The topological polar surface area (TPSA) is 235 Å². The number of ether oxygens (including phenoxy) is 1. The Kier molecular flexibility index (Phi) is 6.74. The smallest absolute Gasteiger partial charge is 0.383 e. The SMILES string of the molecule is O=C(Oc1c(-c2ccc(O)c(O)c2)oc2cc(O)cc(O)c2c1=O)C(=O)[C@@H](O)[C@H](O)[C@@H](O)CO. The molecule has 8 N–H and O–H groups in total. The zero-order valence-electron chi connectivity index (χ0n) is 16.9. The number of esters is 1. The molecule has 34 heavy (non-hydrogen) atoms. The number of hydrogen-bond acceptors (Lipinski definition) is 13. The molecule has 0 bridgehead atoms. The molecule has 0 fully saturated rings. The molecule has 0 aliphatic rings. The summed E-state index contributed by atoms with van der Waals surface area (Å²) in [6, 6.07) is 4.79. The fourth-order valence-corrected chi connectivity index (χ4v) is 2.95. The lowest BCUT2D eigenvalue weighted by Gasteiger charge is -2.19. The third kappa shape index (κ3) is 4.49. The molecule has 0 saturated carbocycles. The van der Waals surface area contributed by atoms with Gasteiger partial charge >= 0.3 is 5.97 Å². The van der Waals surface area contributed by atoms with Gasteiger partial charge in [-0.25, -0.2) is 4.79 Å². The number of hydrogen-bond donors (Lipinski definition) is 8. The highest BCUT2D eigenvalue weighted by Gasteiger charge is 2.36. The average Bonchev–Trinajstić information content (AvgIpc) is 2.79. The number of phenols is 4. The molecule has 0 amide bonds. The van der Waals surface area contributed by atoms with Crippen LogP contribution in [0.1, 0.15) is 0 Å². The van der Waals surface area contributed by atoms with E-state index in [2.05, 4.69) is 0 Å². The van der Waals surface area contributed by atoms with E-state index < -0.39 is 82.0 Å². The van der Waals surface area contributed by atoms with Crippen molar-refractivity contribution < 1.29 is 59.6 Å². The molecule has 1 aromatic heterocycles. The number of rotatable bonds is 7. The monoisotopic (exact) mass is 478 g/mol. The lowest BCUT2D eigenvalue weighted by molar-refractivity contribution is -0.158. The molecule has 180 valence electrons. The molecular formula is C21H18O13. The second-order valence-electron chi connectivity index (χ2n) is 7.07. The van der Waals surface area contributed by atoms with E-state index in [0.717, 1.165) is 30.3 Å². The van der Waals surface area contributed by atoms with E-state index in [4.69, 9.17) is 14.3 Å². The fourth-order valence-electron chi connectivity index (χ4n) is 2.95. The summed E-state index contributed by atoms with van der Waals surface area (Å²) in [4.78, 5) is 37.6. The molecule has 0 aliphatic heterocycles. The number of aliphatic hydroxyl groups is 4. The number of carbonyl (C=O) groups excluding carboxylic acids is 2. The number of Topliss-reactive ketones (excluding diaryl/α,β-unsaturated/α-hetero) is 1. The van der Waals surface area contributed by atoms with Gasteiger partial charge in [0.15, 0.2) is 23.4 Å². The number of fused-ring (bicyclic) bond motifs is 1. The average molecular weight is 478 g/mol. The second-order valence-corrected chi connectivity index (χ2v) is 7.07. The molecule has 0 spiro atoms. The van der Waals surface area contributed by atoms with Crippen LogP contribution in [0.25, 0.3) is 22.3 Å².